The van der Waals surface area contributed by atoms with Crippen molar-refractivity contribution in [2.75, 3.05) is 10.8 Å². The second kappa shape index (κ2) is 9.51. The number of aryl methyl sites for hydroxylation is 1. The Morgan fingerprint density at radius 2 is 1.77 bits per heavy atom. The van der Waals surface area contributed by atoms with E-state index >= 15 is 0 Å². The first-order valence-electron chi connectivity index (χ1n) is 9.51. The van der Waals surface area contributed by atoms with E-state index in [2.05, 4.69) is 5.32 Å². The van der Waals surface area contributed by atoms with E-state index in [1.165, 1.54) is 18.2 Å². The molecule has 9 heteroatoms. The Kier molecular flexibility index (Phi) is 7.52. The van der Waals surface area contributed by atoms with Crippen LogP contribution in [-0.2, 0) is 21.0 Å². The quantitative estimate of drug-likeness (QED) is 0.654. The molecule has 0 radical (unpaired) electrons. The summed E-state index contributed by atoms with van der Waals surface area (Å²) in [4.78, 5) is 12.4. The van der Waals surface area contributed by atoms with E-state index in [1.54, 1.807) is 26.0 Å². The van der Waals surface area contributed by atoms with Crippen molar-refractivity contribution < 1.29 is 26.4 Å². The van der Waals surface area contributed by atoms with Crippen LogP contribution in [0.2, 0.25) is 0 Å². The second-order valence-electron chi connectivity index (χ2n) is 7.13. The zero-order chi connectivity index (χ0) is 22.5. The van der Waals surface area contributed by atoms with Crippen LogP contribution in [0.4, 0.5) is 18.9 Å². The second-order valence-corrected chi connectivity index (χ2v) is 8.99. The maximum Gasteiger partial charge on any atom is 0.416 e. The van der Waals surface area contributed by atoms with Gasteiger partial charge < -0.3 is 5.32 Å². The van der Waals surface area contributed by atoms with Gasteiger partial charge >= 0.3 is 6.18 Å². The molecule has 2 rings (SSSR count). The topological polar surface area (TPSA) is 66.5 Å². The largest absolute Gasteiger partial charge is 0.416 e. The molecule has 2 aromatic carbocycles. The first kappa shape index (κ1) is 23.7. The summed E-state index contributed by atoms with van der Waals surface area (Å²) in [5.41, 5.74) is -0.404. The minimum atomic E-state index is -4.65. The molecule has 0 saturated heterocycles. The van der Waals surface area contributed by atoms with Crippen LogP contribution in [-0.4, -0.2) is 26.9 Å². The molecule has 5 nitrogen and oxygen atoms in total. The highest BCUT2D eigenvalue weighted by Gasteiger charge is 2.33. The summed E-state index contributed by atoms with van der Waals surface area (Å²) in [7, 11) is -4.27. The van der Waals surface area contributed by atoms with Gasteiger partial charge in [0.2, 0.25) is 5.91 Å². The third-order valence-corrected chi connectivity index (χ3v) is 6.27. The third kappa shape index (κ3) is 5.98. The number of rotatable bonds is 8. The molecule has 0 spiro atoms. The highest BCUT2D eigenvalue weighted by Crippen LogP contribution is 2.33. The Morgan fingerprint density at radius 3 is 2.33 bits per heavy atom. The van der Waals surface area contributed by atoms with Gasteiger partial charge in [-0.3, -0.25) is 9.10 Å². The number of carbonyl (C=O) groups excluding carboxylic acids is 1. The SMILES string of the molecule is CCC[C@H](C)NC(=O)CN(c1cccc(C(F)(F)F)c1)S(=O)(=O)c1ccc(C)cc1. The number of carbonyl (C=O) groups is 1. The summed E-state index contributed by atoms with van der Waals surface area (Å²) in [5.74, 6) is -0.593. The molecule has 1 atom stereocenters. The predicted octanol–water partition coefficient (Wildman–Crippen LogP) is 4.51. The molecular weight excluding hydrogens is 417 g/mol. The monoisotopic (exact) mass is 442 g/mol. The smallest absolute Gasteiger partial charge is 0.352 e. The van der Waals surface area contributed by atoms with E-state index in [9.17, 15) is 26.4 Å². The van der Waals surface area contributed by atoms with Gasteiger partial charge in [-0.1, -0.05) is 37.1 Å². The van der Waals surface area contributed by atoms with Crippen LogP contribution in [0.25, 0.3) is 0 Å². The highest BCUT2D eigenvalue weighted by atomic mass is 32.2. The van der Waals surface area contributed by atoms with Crippen molar-refractivity contribution in [3.05, 3.63) is 59.7 Å². The van der Waals surface area contributed by atoms with Gasteiger partial charge in [0.05, 0.1) is 16.1 Å². The molecule has 1 N–H and O–H groups in total. The maximum atomic E-state index is 13.2. The number of hydrogen-bond donors (Lipinski definition) is 1. The van der Waals surface area contributed by atoms with Crippen LogP contribution in [0.15, 0.2) is 53.4 Å². The molecule has 0 aromatic heterocycles. The van der Waals surface area contributed by atoms with E-state index in [-0.39, 0.29) is 16.6 Å². The molecule has 0 aliphatic rings. The molecule has 0 saturated carbocycles. The summed E-state index contributed by atoms with van der Waals surface area (Å²) in [6.07, 6.45) is -3.13. The van der Waals surface area contributed by atoms with Crippen molar-refractivity contribution in [3.8, 4) is 0 Å². The van der Waals surface area contributed by atoms with Crippen LogP contribution in [0.5, 0.6) is 0 Å². The minimum absolute atomic E-state index is 0.111. The van der Waals surface area contributed by atoms with Crippen molar-refractivity contribution in [1.29, 1.82) is 0 Å². The molecule has 0 heterocycles. The Labute approximate surface area is 175 Å². The lowest BCUT2D eigenvalue weighted by molar-refractivity contribution is -0.137. The zero-order valence-electron chi connectivity index (χ0n) is 17.0. The van der Waals surface area contributed by atoms with Gasteiger partial charge in [-0.25, -0.2) is 8.42 Å². The molecule has 0 aliphatic carbocycles. The molecular formula is C21H25F3N2O3S. The minimum Gasteiger partial charge on any atom is -0.352 e. The number of sulfonamides is 1. The lowest BCUT2D eigenvalue weighted by Crippen LogP contribution is -2.43. The van der Waals surface area contributed by atoms with E-state index in [4.69, 9.17) is 0 Å². The van der Waals surface area contributed by atoms with E-state index < -0.39 is 34.2 Å². The third-order valence-electron chi connectivity index (χ3n) is 4.49. The summed E-state index contributed by atoms with van der Waals surface area (Å²) in [6, 6.07) is 9.65. The van der Waals surface area contributed by atoms with Crippen LogP contribution in [0, 0.1) is 6.92 Å². The molecule has 0 fully saturated rings. The zero-order valence-corrected chi connectivity index (χ0v) is 17.8. The first-order valence-corrected chi connectivity index (χ1v) is 10.9. The number of nitrogens with one attached hydrogen (secondary N) is 1. The number of hydrogen-bond acceptors (Lipinski definition) is 3. The normalized spacial score (nSPS) is 13.0. The molecule has 0 bridgehead atoms. The van der Waals surface area contributed by atoms with E-state index in [1.807, 2.05) is 6.92 Å². The maximum absolute atomic E-state index is 13.2. The predicted molar refractivity (Wildman–Crippen MR) is 110 cm³/mol. The molecule has 30 heavy (non-hydrogen) atoms. The standard InChI is InChI=1S/C21H25F3N2O3S/c1-4-6-16(3)25-20(27)14-26(18-8-5-7-17(13-18)21(22,23)24)30(28,29)19-11-9-15(2)10-12-19/h5,7-13,16H,4,6,14H2,1-3H3,(H,25,27)/t16-/m0/s1. The van der Waals surface area contributed by atoms with Crippen LogP contribution >= 0.6 is 0 Å². The van der Waals surface area contributed by atoms with E-state index in [0.29, 0.717) is 10.7 Å². The average Bonchev–Trinajstić information content (AvgIpc) is 2.66. The molecule has 1 amide bonds. The summed E-state index contributed by atoms with van der Waals surface area (Å²) < 4.78 is 66.6. The lowest BCUT2D eigenvalue weighted by Gasteiger charge is -2.25. The Balaban J connectivity index is 2.47. The van der Waals surface area contributed by atoms with Crippen molar-refractivity contribution in [3.63, 3.8) is 0 Å². The molecule has 2 aromatic rings. The van der Waals surface area contributed by atoms with Crippen molar-refractivity contribution >= 4 is 21.6 Å². The Hall–Kier alpha value is -2.55. The molecule has 0 aliphatic heterocycles. The fourth-order valence-corrected chi connectivity index (χ4v) is 4.36. The first-order chi connectivity index (χ1) is 13.9. The van der Waals surface area contributed by atoms with Crippen molar-refractivity contribution in [2.45, 2.75) is 50.7 Å². The van der Waals surface area contributed by atoms with Crippen LogP contribution < -0.4 is 9.62 Å². The van der Waals surface area contributed by atoms with E-state index in [0.717, 1.165) is 30.2 Å². The Bertz CT molecular complexity index is 974. The summed E-state index contributed by atoms with van der Waals surface area (Å²) in [6.45, 7) is 4.87. The number of nitrogens with zero attached hydrogens (tertiary/aromatic N) is 1. The van der Waals surface area contributed by atoms with Crippen LogP contribution in [0.3, 0.4) is 0 Å². The van der Waals surface area contributed by atoms with Gasteiger partial charge in [0.1, 0.15) is 6.54 Å². The molecule has 164 valence electrons. The van der Waals surface area contributed by atoms with Gasteiger partial charge in [0.15, 0.2) is 0 Å². The number of amides is 1. The fraction of sp³-hybridized carbons (Fsp3) is 0.381. The summed E-state index contributed by atoms with van der Waals surface area (Å²) in [5, 5.41) is 2.69. The van der Waals surface area contributed by atoms with Crippen LogP contribution in [0.1, 0.15) is 37.8 Å². The highest BCUT2D eigenvalue weighted by molar-refractivity contribution is 7.92. The van der Waals surface area contributed by atoms with Gasteiger partial charge in [0, 0.05) is 6.04 Å². The van der Waals surface area contributed by atoms with Crippen molar-refractivity contribution in [1.82, 2.24) is 5.32 Å². The summed E-state index contributed by atoms with van der Waals surface area (Å²) >= 11 is 0. The van der Waals surface area contributed by atoms with Gasteiger partial charge in [-0.15, -0.1) is 0 Å². The number of halogens is 3. The average molecular weight is 443 g/mol. The fourth-order valence-electron chi connectivity index (χ4n) is 2.95. The van der Waals surface area contributed by atoms with Gasteiger partial charge in [-0.05, 0) is 50.6 Å². The van der Waals surface area contributed by atoms with Crippen molar-refractivity contribution in [2.24, 2.45) is 0 Å². The lowest BCUT2D eigenvalue weighted by atomic mass is 10.2. The van der Waals surface area contributed by atoms with Gasteiger partial charge in [-0.2, -0.15) is 13.2 Å². The molecule has 0 unspecified atom stereocenters. The number of alkyl halides is 3. The van der Waals surface area contributed by atoms with Gasteiger partial charge in [0.25, 0.3) is 10.0 Å². The number of benzene rings is 2. The number of anilines is 1. The Morgan fingerprint density at radius 1 is 1.13 bits per heavy atom.